The number of amides is 1. The molecule has 1 heterocycles. The second-order valence-electron chi connectivity index (χ2n) is 7.91. The molecule has 1 saturated carbocycles. The Hall–Kier alpha value is -2.04. The number of hydrogen-bond donors (Lipinski definition) is 1. The van der Waals surface area contributed by atoms with Crippen LogP contribution >= 0.6 is 12.4 Å². The Balaban J connectivity index is 0.00000225. The lowest BCUT2D eigenvalue weighted by Crippen LogP contribution is -2.45. The molecule has 2 aromatic rings. The van der Waals surface area contributed by atoms with Crippen LogP contribution in [0.3, 0.4) is 0 Å². The average Bonchev–Trinajstić information content (AvgIpc) is 3.36. The number of likely N-dealkylation sites (tertiary alicyclic amines) is 1. The largest absolute Gasteiger partial charge is 0.497 e. The predicted octanol–water partition coefficient (Wildman–Crippen LogP) is 3.88. The van der Waals surface area contributed by atoms with Crippen molar-refractivity contribution in [3.63, 3.8) is 0 Å². The molecule has 2 aromatic carbocycles. The van der Waals surface area contributed by atoms with E-state index >= 15 is 0 Å². The maximum atomic E-state index is 13.6. The first-order valence-corrected chi connectivity index (χ1v) is 9.88. The zero-order chi connectivity index (χ0) is 18.9. The first kappa shape index (κ1) is 20.7. The van der Waals surface area contributed by atoms with E-state index < -0.39 is 0 Å². The number of carbonyl (C=O) groups excluding carboxylic acids is 1. The van der Waals surface area contributed by atoms with E-state index in [4.69, 9.17) is 10.5 Å². The third kappa shape index (κ3) is 3.63. The Morgan fingerprint density at radius 1 is 1.04 bits per heavy atom. The number of nitrogens with zero attached hydrogens (tertiary/aromatic N) is 1. The smallest absolute Gasteiger partial charge is 0.233 e. The lowest BCUT2D eigenvalue weighted by Gasteiger charge is -2.33. The third-order valence-corrected chi connectivity index (χ3v) is 6.39. The van der Waals surface area contributed by atoms with Gasteiger partial charge in [0.1, 0.15) is 5.75 Å². The summed E-state index contributed by atoms with van der Waals surface area (Å²) in [6, 6.07) is 18.4. The van der Waals surface area contributed by atoms with Gasteiger partial charge in [0.25, 0.3) is 0 Å². The second-order valence-corrected chi connectivity index (χ2v) is 7.91. The van der Waals surface area contributed by atoms with Gasteiger partial charge >= 0.3 is 0 Å². The van der Waals surface area contributed by atoms with Crippen LogP contribution in [0.15, 0.2) is 54.6 Å². The van der Waals surface area contributed by atoms with Crippen molar-refractivity contribution in [3.8, 4) is 5.75 Å². The predicted molar refractivity (Wildman–Crippen MR) is 114 cm³/mol. The van der Waals surface area contributed by atoms with Crippen molar-refractivity contribution in [3.05, 3.63) is 65.7 Å². The zero-order valence-electron chi connectivity index (χ0n) is 16.3. The SMILES string of the molecule is COc1ccc(C2CN(C(=O)C3(c4ccccc4)CCCC3)CC2N)cc1.Cl. The topological polar surface area (TPSA) is 55.6 Å². The maximum Gasteiger partial charge on any atom is 0.233 e. The highest BCUT2D eigenvalue weighted by atomic mass is 35.5. The van der Waals surface area contributed by atoms with Crippen molar-refractivity contribution in [2.24, 2.45) is 5.73 Å². The lowest BCUT2D eigenvalue weighted by atomic mass is 9.77. The maximum absolute atomic E-state index is 13.6. The Morgan fingerprint density at radius 3 is 2.29 bits per heavy atom. The van der Waals surface area contributed by atoms with Crippen molar-refractivity contribution in [2.75, 3.05) is 20.2 Å². The van der Waals surface area contributed by atoms with Crippen LogP contribution in [0.1, 0.15) is 42.7 Å². The molecular formula is C23H29ClN2O2. The standard InChI is InChI=1S/C23H28N2O2.ClH/c1-27-19-11-9-17(10-12-19)20-15-25(16-21(20)24)22(26)23(13-5-6-14-23)18-7-3-2-4-8-18;/h2-4,7-12,20-21H,5-6,13-16,24H2,1H3;1H. The van der Waals surface area contributed by atoms with Gasteiger partial charge in [-0.25, -0.2) is 0 Å². The summed E-state index contributed by atoms with van der Waals surface area (Å²) in [6.07, 6.45) is 4.11. The van der Waals surface area contributed by atoms with Crippen LogP contribution in [0.5, 0.6) is 5.75 Å². The average molecular weight is 401 g/mol. The monoisotopic (exact) mass is 400 g/mol. The highest BCUT2D eigenvalue weighted by Gasteiger charge is 2.47. The molecule has 2 unspecified atom stereocenters. The molecule has 2 fully saturated rings. The van der Waals surface area contributed by atoms with E-state index in [1.54, 1.807) is 7.11 Å². The second kappa shape index (κ2) is 8.54. The highest BCUT2D eigenvalue weighted by molar-refractivity contribution is 5.89. The summed E-state index contributed by atoms with van der Waals surface area (Å²) in [6.45, 7) is 1.32. The van der Waals surface area contributed by atoms with Gasteiger partial charge in [-0.15, -0.1) is 12.4 Å². The molecular weight excluding hydrogens is 372 g/mol. The summed E-state index contributed by atoms with van der Waals surface area (Å²) < 4.78 is 5.25. The summed E-state index contributed by atoms with van der Waals surface area (Å²) in [4.78, 5) is 15.7. The number of hydrogen-bond acceptors (Lipinski definition) is 3. The van der Waals surface area contributed by atoms with Crippen LogP contribution in [-0.4, -0.2) is 37.0 Å². The normalized spacial score (nSPS) is 23.3. The summed E-state index contributed by atoms with van der Waals surface area (Å²) in [5.41, 5.74) is 8.44. The van der Waals surface area contributed by atoms with Crippen LogP contribution in [0.4, 0.5) is 0 Å². The van der Waals surface area contributed by atoms with Crippen LogP contribution in [-0.2, 0) is 10.2 Å². The fourth-order valence-electron chi connectivity index (χ4n) is 4.86. The van der Waals surface area contributed by atoms with Gasteiger partial charge in [0, 0.05) is 25.0 Å². The van der Waals surface area contributed by atoms with E-state index in [1.807, 2.05) is 35.2 Å². The van der Waals surface area contributed by atoms with E-state index in [9.17, 15) is 4.79 Å². The van der Waals surface area contributed by atoms with Crippen molar-refractivity contribution < 1.29 is 9.53 Å². The minimum absolute atomic E-state index is 0. The summed E-state index contributed by atoms with van der Waals surface area (Å²) in [5, 5.41) is 0. The summed E-state index contributed by atoms with van der Waals surface area (Å²) in [7, 11) is 1.67. The van der Waals surface area contributed by atoms with Gasteiger partial charge in [-0.2, -0.15) is 0 Å². The molecule has 1 saturated heterocycles. The number of methoxy groups -OCH3 is 1. The van der Waals surface area contributed by atoms with E-state index in [-0.39, 0.29) is 35.7 Å². The molecule has 4 nitrogen and oxygen atoms in total. The lowest BCUT2D eigenvalue weighted by molar-refractivity contribution is -0.136. The molecule has 1 aliphatic heterocycles. The fourth-order valence-corrected chi connectivity index (χ4v) is 4.86. The quantitative estimate of drug-likeness (QED) is 0.847. The van der Waals surface area contributed by atoms with Crippen molar-refractivity contribution in [2.45, 2.75) is 43.1 Å². The van der Waals surface area contributed by atoms with Gasteiger partial charge in [-0.05, 0) is 36.1 Å². The Morgan fingerprint density at radius 2 is 1.68 bits per heavy atom. The molecule has 2 N–H and O–H groups in total. The number of carbonyl (C=O) groups is 1. The Labute approximate surface area is 173 Å². The molecule has 0 aromatic heterocycles. The summed E-state index contributed by atoms with van der Waals surface area (Å²) in [5.74, 6) is 1.28. The number of ether oxygens (including phenoxy) is 1. The third-order valence-electron chi connectivity index (χ3n) is 6.39. The minimum Gasteiger partial charge on any atom is -0.497 e. The highest BCUT2D eigenvalue weighted by Crippen LogP contribution is 2.44. The van der Waals surface area contributed by atoms with Gasteiger partial charge in [-0.3, -0.25) is 4.79 Å². The fraction of sp³-hybridized carbons (Fsp3) is 0.435. The van der Waals surface area contributed by atoms with E-state index in [0.29, 0.717) is 13.1 Å². The number of nitrogens with two attached hydrogens (primary N) is 1. The molecule has 2 aliphatic rings. The molecule has 1 amide bonds. The molecule has 0 spiro atoms. The number of halogens is 1. The van der Waals surface area contributed by atoms with E-state index in [1.165, 1.54) is 5.56 Å². The molecule has 0 bridgehead atoms. The number of rotatable bonds is 4. The Kier molecular flexibility index (Phi) is 6.31. The number of benzene rings is 2. The van der Waals surface area contributed by atoms with Crippen molar-refractivity contribution in [1.29, 1.82) is 0 Å². The van der Waals surface area contributed by atoms with Gasteiger partial charge in [-0.1, -0.05) is 55.3 Å². The molecule has 2 atom stereocenters. The van der Waals surface area contributed by atoms with Gasteiger partial charge in [0.05, 0.1) is 12.5 Å². The van der Waals surface area contributed by atoms with Gasteiger partial charge in [0.15, 0.2) is 0 Å². The molecule has 5 heteroatoms. The first-order valence-electron chi connectivity index (χ1n) is 9.88. The minimum atomic E-state index is -0.365. The van der Waals surface area contributed by atoms with Crippen LogP contribution < -0.4 is 10.5 Å². The molecule has 150 valence electrons. The van der Waals surface area contributed by atoms with E-state index in [0.717, 1.165) is 37.0 Å². The van der Waals surface area contributed by atoms with Gasteiger partial charge in [0.2, 0.25) is 5.91 Å². The molecule has 28 heavy (non-hydrogen) atoms. The molecule has 0 radical (unpaired) electrons. The van der Waals surface area contributed by atoms with Crippen LogP contribution in [0.25, 0.3) is 0 Å². The van der Waals surface area contributed by atoms with Gasteiger partial charge < -0.3 is 15.4 Å². The zero-order valence-corrected chi connectivity index (χ0v) is 17.2. The van der Waals surface area contributed by atoms with Crippen molar-refractivity contribution in [1.82, 2.24) is 4.90 Å². The molecule has 1 aliphatic carbocycles. The molecule has 4 rings (SSSR count). The first-order chi connectivity index (χ1) is 13.1. The van der Waals surface area contributed by atoms with Crippen molar-refractivity contribution >= 4 is 18.3 Å². The van der Waals surface area contributed by atoms with Crippen LogP contribution in [0.2, 0.25) is 0 Å². The van der Waals surface area contributed by atoms with E-state index in [2.05, 4.69) is 24.3 Å². The summed E-state index contributed by atoms with van der Waals surface area (Å²) >= 11 is 0. The van der Waals surface area contributed by atoms with Crippen LogP contribution in [0, 0.1) is 0 Å². The Bertz CT molecular complexity index is 788.